The normalized spacial score (nSPS) is 18.1. The lowest BCUT2D eigenvalue weighted by atomic mass is 10.2. The highest BCUT2D eigenvalue weighted by Gasteiger charge is 2.38. The van der Waals surface area contributed by atoms with E-state index in [-0.39, 0.29) is 16.8 Å². The smallest absolute Gasteiger partial charge is 0.273 e. The van der Waals surface area contributed by atoms with Gasteiger partial charge in [-0.1, -0.05) is 20.8 Å². The first-order chi connectivity index (χ1) is 10.1. The van der Waals surface area contributed by atoms with Gasteiger partial charge in [-0.3, -0.25) is 10.1 Å². The number of hydrogen-bond acceptors (Lipinski definition) is 5. The minimum atomic E-state index is -1.85. The minimum absolute atomic E-state index is 0.00619. The van der Waals surface area contributed by atoms with Crippen LogP contribution in [-0.4, -0.2) is 32.6 Å². The quantitative estimate of drug-likeness (QED) is 0.479. The van der Waals surface area contributed by atoms with E-state index in [1.54, 1.807) is 6.07 Å². The molecule has 0 bridgehead atoms. The van der Waals surface area contributed by atoms with Crippen molar-refractivity contribution in [3.05, 3.63) is 28.3 Å². The third kappa shape index (κ3) is 3.59. The molecule has 0 saturated carbocycles. The van der Waals surface area contributed by atoms with Gasteiger partial charge >= 0.3 is 0 Å². The van der Waals surface area contributed by atoms with Crippen molar-refractivity contribution in [2.24, 2.45) is 0 Å². The van der Waals surface area contributed by atoms with Crippen molar-refractivity contribution in [1.82, 2.24) is 0 Å². The molecule has 22 heavy (non-hydrogen) atoms. The van der Waals surface area contributed by atoms with Gasteiger partial charge < -0.3 is 13.9 Å². The molecule has 1 aliphatic heterocycles. The minimum Gasteiger partial charge on any atom is -0.486 e. The van der Waals surface area contributed by atoms with Gasteiger partial charge in [0.2, 0.25) is 0 Å². The average Bonchev–Trinajstić information content (AvgIpc) is 2.43. The van der Waals surface area contributed by atoms with Crippen molar-refractivity contribution < 1.29 is 18.8 Å². The number of hydrogen-bond donors (Lipinski definition) is 0. The van der Waals surface area contributed by atoms with E-state index in [4.69, 9.17) is 13.9 Å². The Kier molecular flexibility index (Phi) is 4.48. The molecule has 0 amide bonds. The lowest BCUT2D eigenvalue weighted by Crippen LogP contribution is -2.45. The van der Waals surface area contributed by atoms with E-state index in [1.807, 2.05) is 0 Å². The van der Waals surface area contributed by atoms with E-state index in [1.165, 1.54) is 12.1 Å². The van der Waals surface area contributed by atoms with Crippen LogP contribution in [0.25, 0.3) is 0 Å². The highest BCUT2D eigenvalue weighted by molar-refractivity contribution is 6.74. The fraction of sp³-hybridized carbons (Fsp3) is 0.600. The number of nitrogens with zero attached hydrogens (tertiary/aromatic N) is 1. The average molecular weight is 325 g/mol. The molecule has 1 aliphatic rings. The molecular weight excluding hydrogens is 302 g/mol. The lowest BCUT2D eigenvalue weighted by molar-refractivity contribution is -0.385. The molecule has 6 nitrogen and oxygen atoms in total. The van der Waals surface area contributed by atoms with E-state index in [0.29, 0.717) is 24.7 Å². The first-order valence-corrected chi connectivity index (χ1v) is 10.2. The Bertz CT molecular complexity index is 568. The van der Waals surface area contributed by atoms with E-state index in [2.05, 4.69) is 33.9 Å². The molecule has 1 atom stereocenters. The van der Waals surface area contributed by atoms with Gasteiger partial charge in [-0.05, 0) is 24.2 Å². The molecule has 1 unspecified atom stereocenters. The fourth-order valence-electron chi connectivity index (χ4n) is 1.82. The number of rotatable bonds is 4. The molecule has 1 heterocycles. The van der Waals surface area contributed by atoms with Crippen molar-refractivity contribution in [1.29, 1.82) is 0 Å². The summed E-state index contributed by atoms with van der Waals surface area (Å²) in [6.07, 6.45) is -0.247. The number of nitro groups is 1. The van der Waals surface area contributed by atoms with E-state index in [0.717, 1.165) is 0 Å². The number of ether oxygens (including phenoxy) is 2. The van der Waals surface area contributed by atoms with Crippen LogP contribution in [0.15, 0.2) is 18.2 Å². The Balaban J connectivity index is 2.03. The summed E-state index contributed by atoms with van der Waals surface area (Å²) in [5.41, 5.74) is -0.00619. The second-order valence-corrected chi connectivity index (χ2v) is 11.8. The zero-order valence-electron chi connectivity index (χ0n) is 13.7. The summed E-state index contributed by atoms with van der Waals surface area (Å²) < 4.78 is 17.5. The first-order valence-electron chi connectivity index (χ1n) is 7.32. The summed E-state index contributed by atoms with van der Waals surface area (Å²) in [6.45, 7) is 11.7. The Morgan fingerprint density at radius 3 is 2.64 bits per heavy atom. The van der Waals surface area contributed by atoms with E-state index in [9.17, 15) is 10.1 Å². The van der Waals surface area contributed by atoms with Gasteiger partial charge in [0.25, 0.3) is 5.69 Å². The Hall–Kier alpha value is -1.60. The SMILES string of the molecule is CC(C)(C)[Si](C)(C)OCC1COc2ccc([N+](=O)[O-])cc2O1. The molecule has 0 N–H and O–H groups in total. The van der Waals surface area contributed by atoms with Gasteiger partial charge in [-0.15, -0.1) is 0 Å². The number of benzene rings is 1. The third-order valence-electron chi connectivity index (χ3n) is 4.29. The molecule has 0 radical (unpaired) electrons. The summed E-state index contributed by atoms with van der Waals surface area (Å²) in [6, 6.07) is 4.38. The van der Waals surface area contributed by atoms with Crippen LogP contribution < -0.4 is 9.47 Å². The summed E-state index contributed by atoms with van der Waals surface area (Å²) in [7, 11) is -1.85. The van der Waals surface area contributed by atoms with Gasteiger partial charge in [0.05, 0.1) is 17.6 Å². The van der Waals surface area contributed by atoms with Crippen LogP contribution in [-0.2, 0) is 4.43 Å². The monoisotopic (exact) mass is 325 g/mol. The van der Waals surface area contributed by atoms with Crippen LogP contribution in [0.5, 0.6) is 11.5 Å². The van der Waals surface area contributed by atoms with Crippen molar-refractivity contribution in [2.75, 3.05) is 13.2 Å². The van der Waals surface area contributed by atoms with Crippen molar-refractivity contribution in [3.8, 4) is 11.5 Å². The van der Waals surface area contributed by atoms with Crippen molar-refractivity contribution in [2.45, 2.75) is 45.0 Å². The first kappa shape index (κ1) is 16.8. The van der Waals surface area contributed by atoms with Gasteiger partial charge in [0.1, 0.15) is 6.61 Å². The van der Waals surface area contributed by atoms with Crippen molar-refractivity contribution in [3.63, 3.8) is 0 Å². The molecule has 1 aromatic carbocycles. The van der Waals surface area contributed by atoms with Crippen LogP contribution >= 0.6 is 0 Å². The highest BCUT2D eigenvalue weighted by Crippen LogP contribution is 2.38. The zero-order valence-corrected chi connectivity index (χ0v) is 14.7. The van der Waals surface area contributed by atoms with Crippen molar-refractivity contribution >= 4 is 14.0 Å². The largest absolute Gasteiger partial charge is 0.486 e. The molecule has 0 saturated heterocycles. The highest BCUT2D eigenvalue weighted by atomic mass is 28.4. The maximum Gasteiger partial charge on any atom is 0.273 e. The fourth-order valence-corrected chi connectivity index (χ4v) is 2.85. The number of fused-ring (bicyclic) bond motifs is 1. The second-order valence-electron chi connectivity index (χ2n) is 7.01. The molecule has 1 aromatic rings. The van der Waals surface area contributed by atoms with E-state index < -0.39 is 13.2 Å². The Morgan fingerprint density at radius 2 is 2.05 bits per heavy atom. The summed E-state index contributed by atoms with van der Waals surface area (Å²) in [5, 5.41) is 11.0. The predicted molar refractivity (Wildman–Crippen MR) is 86.2 cm³/mol. The second kappa shape index (κ2) is 5.89. The standard InChI is InChI=1S/C15H23NO5Si/c1-15(2,3)22(4,5)20-10-12-9-19-13-7-6-11(16(17)18)8-14(13)21-12/h6-8,12H,9-10H2,1-5H3. The molecule has 7 heteroatoms. The molecule has 0 aliphatic carbocycles. The Morgan fingerprint density at radius 1 is 1.36 bits per heavy atom. The van der Waals surface area contributed by atoms with E-state index >= 15 is 0 Å². The molecule has 122 valence electrons. The third-order valence-corrected chi connectivity index (χ3v) is 8.79. The van der Waals surface area contributed by atoms with Crippen LogP contribution in [0.1, 0.15) is 20.8 Å². The molecule has 0 fully saturated rings. The zero-order chi connectivity index (χ0) is 16.5. The van der Waals surface area contributed by atoms with Crippen LogP contribution in [0.2, 0.25) is 18.1 Å². The lowest BCUT2D eigenvalue weighted by Gasteiger charge is -2.37. The summed E-state index contributed by atoms with van der Waals surface area (Å²) in [4.78, 5) is 10.4. The summed E-state index contributed by atoms with van der Waals surface area (Å²) in [5.74, 6) is 0.943. The maximum absolute atomic E-state index is 10.8. The molecular formula is C15H23NO5Si. The maximum atomic E-state index is 10.8. The van der Waals surface area contributed by atoms with Gasteiger partial charge in [-0.2, -0.15) is 0 Å². The topological polar surface area (TPSA) is 70.8 Å². The summed E-state index contributed by atoms with van der Waals surface area (Å²) >= 11 is 0. The molecule has 2 rings (SSSR count). The number of non-ortho nitro benzene ring substituents is 1. The molecule has 0 aromatic heterocycles. The van der Waals surface area contributed by atoms with Gasteiger partial charge in [-0.25, -0.2) is 0 Å². The Labute approximate surface area is 131 Å². The predicted octanol–water partition coefficient (Wildman–Crippen LogP) is 3.76. The van der Waals surface area contributed by atoms with Gasteiger partial charge in [0, 0.05) is 6.07 Å². The van der Waals surface area contributed by atoms with Crippen LogP contribution in [0, 0.1) is 10.1 Å². The van der Waals surface area contributed by atoms with Gasteiger partial charge in [0.15, 0.2) is 25.9 Å². The molecule has 0 spiro atoms. The van der Waals surface area contributed by atoms with Crippen LogP contribution in [0.4, 0.5) is 5.69 Å². The van der Waals surface area contributed by atoms with Crippen LogP contribution in [0.3, 0.4) is 0 Å². The number of nitro benzene ring substituents is 1.